The van der Waals surface area contributed by atoms with E-state index in [1.54, 1.807) is 28.7 Å². The molecule has 0 fully saturated rings. The second kappa shape index (κ2) is 8.53. The Labute approximate surface area is 148 Å². The summed E-state index contributed by atoms with van der Waals surface area (Å²) in [6, 6.07) is 4.16. The van der Waals surface area contributed by atoms with Crippen LogP contribution in [0.1, 0.15) is 51.4 Å². The summed E-state index contributed by atoms with van der Waals surface area (Å²) in [7, 11) is 1.87. The van der Waals surface area contributed by atoms with Crippen molar-refractivity contribution in [2.45, 2.75) is 63.5 Å². The first-order chi connectivity index (χ1) is 11.5. The highest BCUT2D eigenvalue weighted by molar-refractivity contribution is 7.99. The Morgan fingerprint density at radius 3 is 2.46 bits per heavy atom. The molecule has 0 saturated carbocycles. The van der Waals surface area contributed by atoms with Gasteiger partial charge in [-0.3, -0.25) is 14.1 Å². The molecule has 132 valence electrons. The predicted molar refractivity (Wildman–Crippen MR) is 100 cm³/mol. The lowest BCUT2D eigenvalue weighted by Gasteiger charge is -2.15. The Kier molecular flexibility index (Phi) is 6.69. The lowest BCUT2D eigenvalue weighted by atomic mass is 10.2. The fourth-order valence-corrected chi connectivity index (χ4v) is 3.82. The van der Waals surface area contributed by atoms with Gasteiger partial charge in [-0.05, 0) is 38.0 Å². The summed E-state index contributed by atoms with van der Waals surface area (Å²) in [6.07, 6.45) is 4.67. The maximum atomic E-state index is 12.6. The maximum absolute atomic E-state index is 12.6. The van der Waals surface area contributed by atoms with E-state index in [4.69, 9.17) is 0 Å². The molecular weight excluding hydrogens is 320 g/mol. The molecule has 0 aliphatic heterocycles. The van der Waals surface area contributed by atoms with Crippen molar-refractivity contribution in [3.63, 3.8) is 0 Å². The molecule has 6 heteroatoms. The van der Waals surface area contributed by atoms with Gasteiger partial charge in [0, 0.05) is 43.8 Å². The van der Waals surface area contributed by atoms with Gasteiger partial charge < -0.3 is 5.32 Å². The summed E-state index contributed by atoms with van der Waals surface area (Å²) in [5, 5.41) is 5.03. The highest BCUT2D eigenvalue weighted by atomic mass is 32.2. The van der Waals surface area contributed by atoms with Gasteiger partial charge in [0.2, 0.25) is 0 Å². The molecule has 0 aliphatic carbocycles. The summed E-state index contributed by atoms with van der Waals surface area (Å²) in [4.78, 5) is 16.7. The smallest absolute Gasteiger partial charge is 0.307 e. The lowest BCUT2D eigenvalue weighted by Crippen LogP contribution is -2.25. The minimum absolute atomic E-state index is 0.0662. The largest absolute Gasteiger partial charge is 0.329 e. The number of nitrogens with one attached hydrogen (secondary N) is 1. The predicted octanol–water partition coefficient (Wildman–Crippen LogP) is 3.34. The SMILES string of the molecule is CCC(C)Sc1c(CNCc2ccncc2)n(C)c(=O)n1C(C)C. The molecule has 2 heterocycles. The Bertz CT molecular complexity index is 706. The average molecular weight is 349 g/mol. The van der Waals surface area contributed by atoms with E-state index in [0.717, 1.165) is 23.7 Å². The summed E-state index contributed by atoms with van der Waals surface area (Å²) < 4.78 is 3.70. The van der Waals surface area contributed by atoms with Crippen molar-refractivity contribution in [3.05, 3.63) is 46.3 Å². The molecule has 0 aromatic carbocycles. The number of hydrogen-bond acceptors (Lipinski definition) is 4. The highest BCUT2D eigenvalue weighted by Crippen LogP contribution is 2.29. The summed E-state index contributed by atoms with van der Waals surface area (Å²) in [6.45, 7) is 9.96. The van der Waals surface area contributed by atoms with Crippen LogP contribution in [-0.2, 0) is 20.1 Å². The number of hydrogen-bond donors (Lipinski definition) is 1. The molecule has 1 atom stereocenters. The molecule has 1 N–H and O–H groups in total. The van der Waals surface area contributed by atoms with Gasteiger partial charge in [-0.15, -0.1) is 11.8 Å². The van der Waals surface area contributed by atoms with Crippen LogP contribution < -0.4 is 11.0 Å². The summed E-state index contributed by atoms with van der Waals surface area (Å²) in [5.41, 5.74) is 2.32. The Morgan fingerprint density at radius 2 is 1.88 bits per heavy atom. The third kappa shape index (κ3) is 4.30. The molecule has 0 saturated heterocycles. The van der Waals surface area contributed by atoms with Crippen molar-refractivity contribution in [2.24, 2.45) is 7.05 Å². The zero-order valence-electron chi connectivity index (χ0n) is 15.2. The van der Waals surface area contributed by atoms with Crippen molar-refractivity contribution in [3.8, 4) is 0 Å². The number of imidazole rings is 1. The zero-order chi connectivity index (χ0) is 17.7. The molecule has 0 spiro atoms. The molecule has 1 unspecified atom stereocenters. The Morgan fingerprint density at radius 1 is 1.21 bits per heavy atom. The zero-order valence-corrected chi connectivity index (χ0v) is 16.1. The third-order valence-corrected chi connectivity index (χ3v) is 5.53. The number of thioether (sulfide) groups is 1. The van der Waals surface area contributed by atoms with Crippen LogP contribution >= 0.6 is 11.8 Å². The number of nitrogens with zero attached hydrogens (tertiary/aromatic N) is 3. The van der Waals surface area contributed by atoms with Crippen LogP contribution in [0.15, 0.2) is 34.3 Å². The van der Waals surface area contributed by atoms with E-state index in [9.17, 15) is 4.79 Å². The quantitative estimate of drug-likeness (QED) is 0.744. The number of pyridine rings is 1. The second-order valence-electron chi connectivity index (χ2n) is 6.35. The molecule has 0 bridgehead atoms. The molecule has 0 amide bonds. The first-order valence-electron chi connectivity index (χ1n) is 8.52. The van der Waals surface area contributed by atoms with E-state index in [2.05, 4.69) is 38.0 Å². The van der Waals surface area contributed by atoms with Gasteiger partial charge in [0.25, 0.3) is 0 Å². The standard InChI is InChI=1S/C18H28N4OS/c1-6-14(4)24-17-16(21(5)18(23)22(17)13(2)3)12-20-11-15-7-9-19-10-8-15/h7-10,13-14,20H,6,11-12H2,1-5H3. The first-order valence-corrected chi connectivity index (χ1v) is 9.40. The van der Waals surface area contributed by atoms with Gasteiger partial charge >= 0.3 is 5.69 Å². The number of rotatable bonds is 8. The van der Waals surface area contributed by atoms with Crippen molar-refractivity contribution in [1.82, 2.24) is 19.4 Å². The normalized spacial score (nSPS) is 12.8. The minimum atomic E-state index is 0.0662. The maximum Gasteiger partial charge on any atom is 0.329 e. The average Bonchev–Trinajstić information content (AvgIpc) is 2.80. The van der Waals surface area contributed by atoms with Crippen molar-refractivity contribution >= 4 is 11.8 Å². The van der Waals surface area contributed by atoms with Gasteiger partial charge in [-0.2, -0.15) is 0 Å². The van der Waals surface area contributed by atoms with Crippen molar-refractivity contribution < 1.29 is 0 Å². The number of aromatic nitrogens is 3. The molecule has 24 heavy (non-hydrogen) atoms. The molecule has 0 radical (unpaired) electrons. The van der Waals surface area contributed by atoms with Crippen molar-refractivity contribution in [2.75, 3.05) is 0 Å². The van der Waals surface area contributed by atoms with E-state index in [1.165, 1.54) is 5.56 Å². The Hall–Kier alpha value is -1.53. The monoisotopic (exact) mass is 348 g/mol. The second-order valence-corrected chi connectivity index (χ2v) is 7.78. The fraction of sp³-hybridized carbons (Fsp3) is 0.556. The van der Waals surface area contributed by atoms with Crippen LogP contribution in [0.5, 0.6) is 0 Å². The van der Waals surface area contributed by atoms with Gasteiger partial charge in [-0.1, -0.05) is 13.8 Å². The van der Waals surface area contributed by atoms with Crippen molar-refractivity contribution in [1.29, 1.82) is 0 Å². The third-order valence-electron chi connectivity index (χ3n) is 4.14. The fourth-order valence-electron chi connectivity index (χ4n) is 2.52. The lowest BCUT2D eigenvalue weighted by molar-refractivity contribution is 0.531. The van der Waals surface area contributed by atoms with Gasteiger partial charge in [0.05, 0.1) is 5.69 Å². The first kappa shape index (κ1) is 18.8. The Balaban J connectivity index is 2.23. The summed E-state index contributed by atoms with van der Waals surface area (Å²) in [5.74, 6) is 0. The van der Waals surface area contributed by atoms with E-state index in [1.807, 2.05) is 23.7 Å². The van der Waals surface area contributed by atoms with E-state index >= 15 is 0 Å². The molecule has 0 aliphatic rings. The van der Waals surface area contributed by atoms with Crippen LogP contribution in [0.4, 0.5) is 0 Å². The van der Waals surface area contributed by atoms with E-state index < -0.39 is 0 Å². The van der Waals surface area contributed by atoms with Gasteiger partial charge in [-0.25, -0.2) is 4.79 Å². The molecule has 5 nitrogen and oxygen atoms in total. The van der Waals surface area contributed by atoms with E-state index in [0.29, 0.717) is 11.8 Å². The van der Waals surface area contributed by atoms with Gasteiger partial charge in [0.15, 0.2) is 0 Å². The molecule has 2 aromatic rings. The summed E-state index contributed by atoms with van der Waals surface area (Å²) >= 11 is 1.80. The molecule has 2 aromatic heterocycles. The van der Waals surface area contributed by atoms with Crippen LogP contribution in [-0.4, -0.2) is 19.4 Å². The van der Waals surface area contributed by atoms with Crippen LogP contribution in [0.25, 0.3) is 0 Å². The topological polar surface area (TPSA) is 51.9 Å². The molecular formula is C18H28N4OS. The van der Waals surface area contributed by atoms with E-state index in [-0.39, 0.29) is 11.7 Å². The van der Waals surface area contributed by atoms with Crippen LogP contribution in [0.3, 0.4) is 0 Å². The van der Waals surface area contributed by atoms with Crippen LogP contribution in [0.2, 0.25) is 0 Å². The highest BCUT2D eigenvalue weighted by Gasteiger charge is 2.21. The molecule has 2 rings (SSSR count). The van der Waals surface area contributed by atoms with Gasteiger partial charge in [0.1, 0.15) is 5.03 Å². The minimum Gasteiger partial charge on any atom is -0.307 e. The van der Waals surface area contributed by atoms with Crippen LogP contribution in [0, 0.1) is 0 Å².